The van der Waals surface area contributed by atoms with Crippen molar-refractivity contribution in [2.75, 3.05) is 0 Å². The Hall–Kier alpha value is -0.870. The van der Waals surface area contributed by atoms with Crippen molar-refractivity contribution in [3.63, 3.8) is 0 Å². The molecule has 0 aliphatic heterocycles. The Morgan fingerprint density at radius 3 is 1.41 bits per heavy atom. The standard InChI is InChI=1S/C20H26Cl2NO3P/c1-15(2)23(16(3)4)27(24,25-13-17-5-9-19(21)10-6-17)26-14-18-7-11-20(22)12-8-18/h5-12,15-16H,13-14H2,1-4H3. The van der Waals surface area contributed by atoms with Gasteiger partial charge < -0.3 is 0 Å². The molecule has 0 N–H and O–H groups in total. The van der Waals surface area contributed by atoms with Gasteiger partial charge in [0, 0.05) is 22.1 Å². The lowest BCUT2D eigenvalue weighted by Gasteiger charge is -2.36. The molecule has 2 aromatic rings. The van der Waals surface area contributed by atoms with Crippen LogP contribution in [0, 0.1) is 0 Å². The maximum atomic E-state index is 13.7. The molecular weight excluding hydrogens is 404 g/mol. The summed E-state index contributed by atoms with van der Waals surface area (Å²) in [7, 11) is -3.53. The number of hydrogen-bond donors (Lipinski definition) is 0. The molecule has 0 spiro atoms. The predicted octanol–water partition coefficient (Wildman–Crippen LogP) is 6.95. The van der Waals surface area contributed by atoms with Crippen molar-refractivity contribution in [3.8, 4) is 0 Å². The Morgan fingerprint density at radius 2 is 1.11 bits per heavy atom. The molecule has 0 amide bonds. The van der Waals surface area contributed by atoms with Gasteiger partial charge in [-0.1, -0.05) is 47.5 Å². The highest BCUT2D eigenvalue weighted by Gasteiger charge is 2.37. The maximum absolute atomic E-state index is 13.7. The fourth-order valence-electron chi connectivity index (χ4n) is 2.81. The molecule has 0 atom stereocenters. The summed E-state index contributed by atoms with van der Waals surface area (Å²) in [6.45, 7) is 8.25. The third-order valence-corrected chi connectivity index (χ3v) is 6.86. The molecule has 0 fully saturated rings. The minimum atomic E-state index is -3.53. The van der Waals surface area contributed by atoms with Gasteiger partial charge in [0.25, 0.3) is 0 Å². The SMILES string of the molecule is CC(C)N(C(C)C)P(=O)(OCc1ccc(Cl)cc1)OCc1ccc(Cl)cc1. The van der Waals surface area contributed by atoms with Gasteiger partial charge in [0.2, 0.25) is 0 Å². The van der Waals surface area contributed by atoms with Crippen molar-refractivity contribution in [2.24, 2.45) is 0 Å². The molecule has 27 heavy (non-hydrogen) atoms. The number of hydrogen-bond acceptors (Lipinski definition) is 3. The van der Waals surface area contributed by atoms with Crippen LogP contribution in [0.25, 0.3) is 0 Å². The fraction of sp³-hybridized carbons (Fsp3) is 0.400. The molecule has 2 aromatic carbocycles. The third kappa shape index (κ3) is 6.60. The summed E-state index contributed by atoms with van der Waals surface area (Å²) < 4.78 is 27.2. The summed E-state index contributed by atoms with van der Waals surface area (Å²) in [5.41, 5.74) is 1.75. The van der Waals surface area contributed by atoms with Crippen LogP contribution in [0.2, 0.25) is 10.0 Å². The van der Waals surface area contributed by atoms with Crippen LogP contribution in [0.3, 0.4) is 0 Å². The predicted molar refractivity (Wildman–Crippen MR) is 112 cm³/mol. The van der Waals surface area contributed by atoms with Crippen molar-refractivity contribution in [3.05, 3.63) is 69.7 Å². The summed E-state index contributed by atoms with van der Waals surface area (Å²) in [5, 5.41) is 1.29. The van der Waals surface area contributed by atoms with Gasteiger partial charge in [0.05, 0.1) is 13.2 Å². The van der Waals surface area contributed by atoms with Crippen molar-refractivity contribution >= 4 is 30.9 Å². The van der Waals surface area contributed by atoms with E-state index in [1.165, 1.54) is 0 Å². The average molecular weight is 430 g/mol. The zero-order valence-electron chi connectivity index (χ0n) is 16.1. The van der Waals surface area contributed by atoms with Crippen molar-refractivity contribution in [2.45, 2.75) is 53.0 Å². The molecule has 0 saturated carbocycles. The molecule has 0 unspecified atom stereocenters. The highest BCUT2D eigenvalue weighted by Crippen LogP contribution is 2.55. The Bertz CT molecular complexity index is 702. The van der Waals surface area contributed by atoms with Crippen LogP contribution in [-0.2, 0) is 26.8 Å². The first-order valence-electron chi connectivity index (χ1n) is 8.88. The molecule has 2 rings (SSSR count). The zero-order chi connectivity index (χ0) is 20.0. The molecule has 4 nitrogen and oxygen atoms in total. The normalized spacial score (nSPS) is 12.3. The summed E-state index contributed by atoms with van der Waals surface area (Å²) in [5.74, 6) is 0. The van der Waals surface area contributed by atoms with E-state index in [2.05, 4.69) is 0 Å². The van der Waals surface area contributed by atoms with Gasteiger partial charge in [-0.05, 0) is 63.1 Å². The van der Waals surface area contributed by atoms with E-state index >= 15 is 0 Å². The van der Waals surface area contributed by atoms with Crippen LogP contribution in [0.15, 0.2) is 48.5 Å². The molecule has 0 aliphatic carbocycles. The second kappa shape index (κ2) is 10.1. The van der Waals surface area contributed by atoms with E-state index in [1.807, 2.05) is 52.0 Å². The van der Waals surface area contributed by atoms with Gasteiger partial charge in [-0.3, -0.25) is 9.05 Å². The Kier molecular flexibility index (Phi) is 8.36. The highest BCUT2D eigenvalue weighted by atomic mass is 35.5. The molecule has 0 bridgehead atoms. The summed E-state index contributed by atoms with van der Waals surface area (Å²) in [4.78, 5) is 0. The van der Waals surface area contributed by atoms with E-state index in [9.17, 15) is 4.57 Å². The summed E-state index contributed by atoms with van der Waals surface area (Å²) in [6, 6.07) is 14.5. The van der Waals surface area contributed by atoms with Crippen LogP contribution < -0.4 is 0 Å². The van der Waals surface area contributed by atoms with Gasteiger partial charge in [0.1, 0.15) is 0 Å². The molecule has 0 radical (unpaired) electrons. The minimum Gasteiger partial charge on any atom is -0.292 e. The number of benzene rings is 2. The topological polar surface area (TPSA) is 38.8 Å². The third-order valence-electron chi connectivity index (χ3n) is 3.96. The Balaban J connectivity index is 2.19. The van der Waals surface area contributed by atoms with E-state index in [0.29, 0.717) is 10.0 Å². The first-order valence-corrected chi connectivity index (χ1v) is 11.1. The Morgan fingerprint density at radius 1 is 0.778 bits per heavy atom. The van der Waals surface area contributed by atoms with E-state index in [4.69, 9.17) is 32.2 Å². The van der Waals surface area contributed by atoms with Crippen molar-refractivity contribution in [1.82, 2.24) is 4.67 Å². The quantitative estimate of drug-likeness (QED) is 0.404. The summed E-state index contributed by atoms with van der Waals surface area (Å²) in [6.07, 6.45) is 0. The van der Waals surface area contributed by atoms with E-state index in [1.54, 1.807) is 28.9 Å². The van der Waals surface area contributed by atoms with Gasteiger partial charge >= 0.3 is 7.75 Å². The average Bonchev–Trinajstić information content (AvgIpc) is 2.60. The lowest BCUT2D eigenvalue weighted by molar-refractivity contribution is 0.121. The van der Waals surface area contributed by atoms with Gasteiger partial charge in [0.15, 0.2) is 0 Å². The van der Waals surface area contributed by atoms with E-state index in [-0.39, 0.29) is 25.3 Å². The minimum absolute atomic E-state index is 0.00808. The smallest absolute Gasteiger partial charge is 0.292 e. The fourth-order valence-corrected chi connectivity index (χ4v) is 5.16. The lowest BCUT2D eigenvalue weighted by atomic mass is 10.2. The molecular formula is C20H26Cl2NO3P. The van der Waals surface area contributed by atoms with Crippen molar-refractivity contribution < 1.29 is 13.6 Å². The summed E-state index contributed by atoms with van der Waals surface area (Å²) >= 11 is 11.9. The highest BCUT2D eigenvalue weighted by molar-refractivity contribution is 7.51. The second-order valence-electron chi connectivity index (χ2n) is 6.84. The van der Waals surface area contributed by atoms with Crippen molar-refractivity contribution in [1.29, 1.82) is 0 Å². The molecule has 7 heteroatoms. The van der Waals surface area contributed by atoms with Crippen LogP contribution in [0.1, 0.15) is 38.8 Å². The van der Waals surface area contributed by atoms with Crippen LogP contribution in [0.5, 0.6) is 0 Å². The van der Waals surface area contributed by atoms with Crippen LogP contribution in [0.4, 0.5) is 0 Å². The van der Waals surface area contributed by atoms with Gasteiger partial charge in [-0.25, -0.2) is 9.24 Å². The van der Waals surface area contributed by atoms with Gasteiger partial charge in [-0.15, -0.1) is 0 Å². The molecule has 0 aromatic heterocycles. The van der Waals surface area contributed by atoms with Gasteiger partial charge in [-0.2, -0.15) is 0 Å². The monoisotopic (exact) mass is 429 g/mol. The number of halogens is 2. The molecule has 0 aliphatic rings. The second-order valence-corrected chi connectivity index (χ2v) is 9.62. The molecule has 0 heterocycles. The van der Waals surface area contributed by atoms with E-state index in [0.717, 1.165) is 11.1 Å². The Labute approximate surface area is 172 Å². The number of rotatable bonds is 9. The largest absolute Gasteiger partial charge is 0.409 e. The van der Waals surface area contributed by atoms with Crippen LogP contribution >= 0.6 is 30.9 Å². The first-order chi connectivity index (χ1) is 12.7. The zero-order valence-corrected chi connectivity index (χ0v) is 18.5. The maximum Gasteiger partial charge on any atom is 0.409 e. The number of nitrogens with zero attached hydrogens (tertiary/aromatic N) is 1. The van der Waals surface area contributed by atoms with E-state index < -0.39 is 7.75 Å². The lowest BCUT2D eigenvalue weighted by Crippen LogP contribution is -2.35. The first kappa shape index (κ1) is 22.4. The molecule has 0 saturated heterocycles. The molecule has 148 valence electrons. The van der Waals surface area contributed by atoms with Crippen LogP contribution in [-0.4, -0.2) is 16.8 Å².